The van der Waals surface area contributed by atoms with E-state index >= 15 is 0 Å². The van der Waals surface area contributed by atoms with Crippen molar-refractivity contribution >= 4 is 18.1 Å². The summed E-state index contributed by atoms with van der Waals surface area (Å²) in [5, 5.41) is 2.15. The summed E-state index contributed by atoms with van der Waals surface area (Å²) in [5.41, 5.74) is 4.20. The first-order valence-corrected chi connectivity index (χ1v) is 10.4. The molecule has 0 spiro atoms. The van der Waals surface area contributed by atoms with Gasteiger partial charge in [0.2, 0.25) is 5.89 Å². The smallest absolute Gasteiger partial charge is 0.414 e. The number of cyclic esters (lactones) is 1. The standard InChI is InChI=1S/C25H24N2O4/c1-17-21(26-24(30-17)20-9-3-2-4-10-20)11-5-7-18-13-15-19(16-14-18)8-6-12-22-23(28)27-25(29)31-22/h2-5,7,9-10,13-16,22H,6,8,11-12H2,1H3,(H,27,28,29). The number of hydrogen-bond donors (Lipinski definition) is 1. The number of aromatic nitrogens is 1. The van der Waals surface area contributed by atoms with Crippen LogP contribution < -0.4 is 5.32 Å². The van der Waals surface area contributed by atoms with Crippen LogP contribution in [-0.4, -0.2) is 23.1 Å². The summed E-state index contributed by atoms with van der Waals surface area (Å²) >= 11 is 0. The highest BCUT2D eigenvalue weighted by atomic mass is 16.6. The number of aryl methyl sites for hydroxylation is 2. The van der Waals surface area contributed by atoms with Gasteiger partial charge in [0.25, 0.3) is 5.91 Å². The fraction of sp³-hybridized carbons (Fsp3) is 0.240. The Bertz CT molecular complexity index is 1080. The van der Waals surface area contributed by atoms with Gasteiger partial charge in [-0.05, 0) is 49.4 Å². The van der Waals surface area contributed by atoms with Crippen LogP contribution in [0.5, 0.6) is 0 Å². The number of rotatable bonds is 8. The summed E-state index contributed by atoms with van der Waals surface area (Å²) in [7, 11) is 0. The first-order valence-electron chi connectivity index (χ1n) is 10.4. The van der Waals surface area contributed by atoms with E-state index in [0.29, 0.717) is 18.7 Å². The van der Waals surface area contributed by atoms with Crippen LogP contribution >= 0.6 is 0 Å². The van der Waals surface area contributed by atoms with Crippen molar-refractivity contribution in [2.45, 2.75) is 38.7 Å². The van der Waals surface area contributed by atoms with E-state index in [4.69, 9.17) is 9.15 Å². The minimum Gasteiger partial charge on any atom is -0.441 e. The van der Waals surface area contributed by atoms with E-state index in [-0.39, 0.29) is 5.91 Å². The SMILES string of the molecule is Cc1oc(-c2ccccc2)nc1CC=Cc1ccc(CCCC2OC(=O)NC2=O)cc1. The quantitative estimate of drug-likeness (QED) is 0.567. The summed E-state index contributed by atoms with van der Waals surface area (Å²) < 4.78 is 10.7. The van der Waals surface area contributed by atoms with Crippen molar-refractivity contribution in [3.8, 4) is 11.5 Å². The van der Waals surface area contributed by atoms with Crippen molar-refractivity contribution in [2.75, 3.05) is 0 Å². The second kappa shape index (κ2) is 9.43. The molecule has 2 amide bonds. The van der Waals surface area contributed by atoms with Crippen molar-refractivity contribution in [3.05, 3.63) is 83.3 Å². The zero-order valence-corrected chi connectivity index (χ0v) is 17.3. The molecule has 0 bridgehead atoms. The second-order valence-corrected chi connectivity index (χ2v) is 7.51. The number of nitrogens with one attached hydrogen (secondary N) is 1. The lowest BCUT2D eigenvalue weighted by molar-refractivity contribution is -0.123. The molecule has 1 atom stereocenters. The van der Waals surface area contributed by atoms with Crippen LogP contribution in [0.3, 0.4) is 0 Å². The molecule has 1 unspecified atom stereocenters. The zero-order valence-electron chi connectivity index (χ0n) is 17.3. The molecule has 1 saturated heterocycles. The van der Waals surface area contributed by atoms with E-state index in [1.54, 1.807) is 0 Å². The number of carbonyl (C=O) groups is 2. The van der Waals surface area contributed by atoms with Crippen molar-refractivity contribution in [1.29, 1.82) is 0 Å². The van der Waals surface area contributed by atoms with E-state index in [1.807, 2.05) is 37.3 Å². The first kappa shape index (κ1) is 20.6. The number of alkyl carbamates (subject to hydrolysis) is 1. The molecule has 2 heterocycles. The topological polar surface area (TPSA) is 81.4 Å². The first-order chi connectivity index (χ1) is 15.1. The molecule has 0 aliphatic carbocycles. The number of allylic oxidation sites excluding steroid dienone is 1. The number of hydrogen-bond acceptors (Lipinski definition) is 5. The van der Waals surface area contributed by atoms with Gasteiger partial charge in [-0.2, -0.15) is 0 Å². The molecule has 4 rings (SSSR count). The van der Waals surface area contributed by atoms with Crippen LogP contribution in [0.1, 0.15) is 35.4 Å². The van der Waals surface area contributed by atoms with Gasteiger partial charge in [-0.25, -0.2) is 9.78 Å². The lowest BCUT2D eigenvalue weighted by Crippen LogP contribution is -2.24. The summed E-state index contributed by atoms with van der Waals surface area (Å²) in [4.78, 5) is 27.1. The number of oxazole rings is 1. The van der Waals surface area contributed by atoms with Gasteiger partial charge in [-0.15, -0.1) is 0 Å². The maximum Gasteiger partial charge on any atom is 0.414 e. The third-order valence-electron chi connectivity index (χ3n) is 5.21. The Balaban J connectivity index is 1.28. The monoisotopic (exact) mass is 416 g/mol. The van der Waals surface area contributed by atoms with Crippen LogP contribution in [0.15, 0.2) is 65.1 Å². The largest absolute Gasteiger partial charge is 0.441 e. The minimum absolute atomic E-state index is 0.344. The molecule has 6 heteroatoms. The molecule has 1 aromatic heterocycles. The van der Waals surface area contributed by atoms with Crippen LogP contribution in [0.25, 0.3) is 17.5 Å². The Labute approximate surface area is 181 Å². The second-order valence-electron chi connectivity index (χ2n) is 7.51. The molecule has 0 saturated carbocycles. The highest BCUT2D eigenvalue weighted by molar-refractivity contribution is 5.99. The van der Waals surface area contributed by atoms with E-state index in [9.17, 15) is 9.59 Å². The molecule has 6 nitrogen and oxygen atoms in total. The van der Waals surface area contributed by atoms with Gasteiger partial charge >= 0.3 is 6.09 Å². The molecule has 31 heavy (non-hydrogen) atoms. The Morgan fingerprint density at radius 3 is 2.55 bits per heavy atom. The molecule has 1 fully saturated rings. The maximum absolute atomic E-state index is 11.5. The van der Waals surface area contributed by atoms with E-state index in [1.165, 1.54) is 5.56 Å². The third kappa shape index (κ3) is 5.28. The Morgan fingerprint density at radius 2 is 1.84 bits per heavy atom. The van der Waals surface area contributed by atoms with Crippen molar-refractivity contribution in [2.24, 2.45) is 0 Å². The van der Waals surface area contributed by atoms with Crippen molar-refractivity contribution in [3.63, 3.8) is 0 Å². The Kier molecular flexibility index (Phi) is 6.26. The minimum atomic E-state index is -0.655. The predicted molar refractivity (Wildman–Crippen MR) is 117 cm³/mol. The molecular weight excluding hydrogens is 392 g/mol. The van der Waals surface area contributed by atoms with Gasteiger partial charge in [0, 0.05) is 12.0 Å². The zero-order chi connectivity index (χ0) is 21.6. The Morgan fingerprint density at radius 1 is 1.06 bits per heavy atom. The van der Waals surface area contributed by atoms with Crippen LogP contribution in [0, 0.1) is 6.92 Å². The van der Waals surface area contributed by atoms with Gasteiger partial charge in [0.1, 0.15) is 5.76 Å². The lowest BCUT2D eigenvalue weighted by Gasteiger charge is -2.06. The van der Waals surface area contributed by atoms with Gasteiger partial charge in [-0.3, -0.25) is 10.1 Å². The highest BCUT2D eigenvalue weighted by Crippen LogP contribution is 2.22. The summed E-state index contributed by atoms with van der Waals surface area (Å²) in [6, 6.07) is 18.2. The van der Waals surface area contributed by atoms with Crippen molar-refractivity contribution in [1.82, 2.24) is 10.3 Å². The number of nitrogens with zero attached hydrogens (tertiary/aromatic N) is 1. The number of ether oxygens (including phenoxy) is 1. The molecule has 1 N–H and O–H groups in total. The molecule has 1 aliphatic rings. The summed E-state index contributed by atoms with van der Waals surface area (Å²) in [5.74, 6) is 1.14. The third-order valence-corrected chi connectivity index (χ3v) is 5.21. The predicted octanol–water partition coefficient (Wildman–Crippen LogP) is 4.86. The lowest BCUT2D eigenvalue weighted by atomic mass is 10.0. The molecule has 158 valence electrons. The number of amides is 2. The maximum atomic E-state index is 11.5. The molecule has 1 aliphatic heterocycles. The number of benzene rings is 2. The van der Waals surface area contributed by atoms with Gasteiger partial charge in [0.15, 0.2) is 6.10 Å². The van der Waals surface area contributed by atoms with E-state index in [0.717, 1.165) is 35.4 Å². The molecular formula is C25H24N2O4. The molecule has 3 aromatic rings. The van der Waals surface area contributed by atoms with Crippen LogP contribution in [-0.2, 0) is 22.4 Å². The number of imide groups is 1. The highest BCUT2D eigenvalue weighted by Gasteiger charge is 2.31. The normalized spacial score (nSPS) is 16.0. The van der Waals surface area contributed by atoms with Gasteiger partial charge < -0.3 is 9.15 Å². The Hall–Kier alpha value is -3.67. The van der Waals surface area contributed by atoms with Crippen LogP contribution in [0.4, 0.5) is 4.79 Å². The van der Waals surface area contributed by atoms with E-state index in [2.05, 4.69) is 46.7 Å². The van der Waals surface area contributed by atoms with Crippen molar-refractivity contribution < 1.29 is 18.7 Å². The molecule has 0 radical (unpaired) electrons. The summed E-state index contributed by atoms with van der Waals surface area (Å²) in [6.07, 6.45) is 5.68. The average Bonchev–Trinajstić information content (AvgIpc) is 3.31. The van der Waals surface area contributed by atoms with Gasteiger partial charge in [-0.1, -0.05) is 54.6 Å². The fourth-order valence-corrected chi connectivity index (χ4v) is 3.50. The van der Waals surface area contributed by atoms with Crippen LogP contribution in [0.2, 0.25) is 0 Å². The summed E-state index contributed by atoms with van der Waals surface area (Å²) in [6.45, 7) is 1.94. The average molecular weight is 416 g/mol. The number of carbonyl (C=O) groups excluding carboxylic acids is 2. The van der Waals surface area contributed by atoms with E-state index < -0.39 is 12.2 Å². The van der Waals surface area contributed by atoms with Gasteiger partial charge in [0.05, 0.1) is 5.69 Å². The fourth-order valence-electron chi connectivity index (χ4n) is 3.50. The molecule has 2 aromatic carbocycles.